The van der Waals surface area contributed by atoms with Gasteiger partial charge in [0.2, 0.25) is 10.0 Å². The summed E-state index contributed by atoms with van der Waals surface area (Å²) in [4.78, 5) is 0.342. The summed E-state index contributed by atoms with van der Waals surface area (Å²) in [6.07, 6.45) is 3.91. The molecule has 0 radical (unpaired) electrons. The van der Waals surface area contributed by atoms with Crippen molar-refractivity contribution < 1.29 is 8.42 Å². The summed E-state index contributed by atoms with van der Waals surface area (Å²) < 4.78 is 27.6. The van der Waals surface area contributed by atoms with E-state index in [1.165, 1.54) is 0 Å². The van der Waals surface area contributed by atoms with E-state index in [2.05, 4.69) is 0 Å². The number of rotatable bonds is 3. The molecule has 0 saturated carbocycles. The van der Waals surface area contributed by atoms with Crippen molar-refractivity contribution >= 4 is 10.0 Å². The lowest BCUT2D eigenvalue weighted by Crippen LogP contribution is -2.36. The molecular weight excluding hydrogens is 294 g/mol. The number of nitrogens with zero attached hydrogens (tertiary/aromatic N) is 1. The normalized spacial score (nSPS) is 22.1. The van der Waals surface area contributed by atoms with Crippen molar-refractivity contribution in [2.75, 3.05) is 0 Å². The molecule has 0 amide bonds. The van der Waals surface area contributed by atoms with Gasteiger partial charge in [-0.2, -0.15) is 4.31 Å². The molecular formula is C18H19NO2S. The van der Waals surface area contributed by atoms with Crippen LogP contribution in [-0.4, -0.2) is 18.8 Å². The van der Waals surface area contributed by atoms with Gasteiger partial charge in [0.25, 0.3) is 0 Å². The van der Waals surface area contributed by atoms with E-state index in [4.69, 9.17) is 0 Å². The maximum Gasteiger partial charge on any atom is 0.244 e. The van der Waals surface area contributed by atoms with Crippen molar-refractivity contribution in [1.29, 1.82) is 0 Å². The molecule has 0 aromatic heterocycles. The molecule has 1 aliphatic heterocycles. The Kier molecular flexibility index (Phi) is 3.89. The second-order valence-corrected chi connectivity index (χ2v) is 7.47. The fraction of sp³-hybridized carbons (Fsp3) is 0.222. The van der Waals surface area contributed by atoms with Gasteiger partial charge in [-0.25, -0.2) is 8.42 Å². The van der Waals surface area contributed by atoms with Gasteiger partial charge < -0.3 is 0 Å². The quantitative estimate of drug-likeness (QED) is 0.811. The molecule has 4 heteroatoms. The Morgan fingerprint density at radius 3 is 2.18 bits per heavy atom. The third-order valence-corrected chi connectivity index (χ3v) is 5.97. The molecule has 1 aliphatic rings. The smallest absolute Gasteiger partial charge is 0.207 e. The average molecular weight is 313 g/mol. The number of sulfonamides is 1. The van der Waals surface area contributed by atoms with Crippen LogP contribution in [0.2, 0.25) is 0 Å². The minimum Gasteiger partial charge on any atom is -0.207 e. The van der Waals surface area contributed by atoms with Crippen molar-refractivity contribution in [1.82, 2.24) is 4.31 Å². The van der Waals surface area contributed by atoms with Gasteiger partial charge in [0.15, 0.2) is 0 Å². The van der Waals surface area contributed by atoms with Crippen LogP contribution in [0.5, 0.6) is 0 Å². The Morgan fingerprint density at radius 2 is 1.55 bits per heavy atom. The Balaban J connectivity index is 2.03. The molecule has 3 rings (SSSR count). The number of aryl methyl sites for hydroxylation is 1. The van der Waals surface area contributed by atoms with Gasteiger partial charge >= 0.3 is 0 Å². The molecule has 0 N–H and O–H groups in total. The molecule has 0 saturated heterocycles. The van der Waals surface area contributed by atoms with Crippen molar-refractivity contribution in [3.63, 3.8) is 0 Å². The van der Waals surface area contributed by atoms with E-state index >= 15 is 0 Å². The van der Waals surface area contributed by atoms with Crippen LogP contribution in [0, 0.1) is 6.92 Å². The Morgan fingerprint density at radius 1 is 0.909 bits per heavy atom. The maximum absolute atomic E-state index is 13.0. The molecule has 3 nitrogen and oxygen atoms in total. The second kappa shape index (κ2) is 5.71. The Hall–Kier alpha value is -1.91. The third-order valence-electron chi connectivity index (χ3n) is 3.98. The summed E-state index contributed by atoms with van der Waals surface area (Å²) in [6, 6.07) is 16.3. The third kappa shape index (κ3) is 2.60. The Bertz CT molecular complexity index is 780. The van der Waals surface area contributed by atoms with Crippen LogP contribution in [0.1, 0.15) is 24.1 Å². The van der Waals surface area contributed by atoms with Crippen molar-refractivity contribution in [3.8, 4) is 0 Å². The van der Waals surface area contributed by atoms with Crippen molar-refractivity contribution in [3.05, 3.63) is 77.9 Å². The lowest BCUT2D eigenvalue weighted by Gasteiger charge is -2.28. The molecule has 1 heterocycles. The SMILES string of the molecule is Cc1ccc(S(=O)(=O)N2[C@@H](C)C=C[C@H]2c2ccccc2)cc1. The highest BCUT2D eigenvalue weighted by atomic mass is 32.2. The number of hydrogen-bond donors (Lipinski definition) is 0. The molecule has 0 spiro atoms. The van der Waals surface area contributed by atoms with Gasteiger partial charge in [-0.1, -0.05) is 60.2 Å². The predicted octanol–water partition coefficient (Wildman–Crippen LogP) is 3.69. The predicted molar refractivity (Wildman–Crippen MR) is 88.0 cm³/mol. The molecule has 2 aromatic rings. The van der Waals surface area contributed by atoms with Gasteiger partial charge in [0.1, 0.15) is 0 Å². The molecule has 0 unspecified atom stereocenters. The Labute approximate surface area is 132 Å². The first-order valence-corrected chi connectivity index (χ1v) is 8.77. The van der Waals surface area contributed by atoms with E-state index < -0.39 is 10.0 Å². The molecule has 22 heavy (non-hydrogen) atoms. The number of hydrogen-bond acceptors (Lipinski definition) is 2. The van der Waals surface area contributed by atoms with Crippen LogP contribution in [-0.2, 0) is 10.0 Å². The van der Waals surface area contributed by atoms with E-state index in [9.17, 15) is 8.42 Å². The van der Waals surface area contributed by atoms with Crippen LogP contribution in [0.15, 0.2) is 71.6 Å². The largest absolute Gasteiger partial charge is 0.244 e. The average Bonchev–Trinajstić information content (AvgIpc) is 2.91. The summed E-state index contributed by atoms with van der Waals surface area (Å²) >= 11 is 0. The van der Waals surface area contributed by atoms with E-state index in [0.717, 1.165) is 11.1 Å². The highest BCUT2D eigenvalue weighted by Gasteiger charge is 2.37. The van der Waals surface area contributed by atoms with Gasteiger partial charge in [-0.3, -0.25) is 0 Å². The summed E-state index contributed by atoms with van der Waals surface area (Å²) in [7, 11) is -3.53. The molecule has 0 fully saturated rings. The fourth-order valence-electron chi connectivity index (χ4n) is 2.80. The van der Waals surface area contributed by atoms with Crippen LogP contribution < -0.4 is 0 Å². The summed E-state index contributed by atoms with van der Waals surface area (Å²) in [5.74, 6) is 0. The highest BCUT2D eigenvalue weighted by molar-refractivity contribution is 7.89. The van der Waals surface area contributed by atoms with Crippen molar-refractivity contribution in [2.45, 2.75) is 30.8 Å². The monoisotopic (exact) mass is 313 g/mol. The minimum atomic E-state index is -3.53. The minimum absolute atomic E-state index is 0.156. The molecule has 0 bridgehead atoms. The van der Waals surface area contributed by atoms with Gasteiger partial charge in [0, 0.05) is 6.04 Å². The van der Waals surface area contributed by atoms with Crippen molar-refractivity contribution in [2.24, 2.45) is 0 Å². The molecule has 2 aromatic carbocycles. The first-order valence-electron chi connectivity index (χ1n) is 7.33. The van der Waals surface area contributed by atoms with Crippen LogP contribution in [0.4, 0.5) is 0 Å². The van der Waals surface area contributed by atoms with E-state index in [1.807, 2.05) is 68.5 Å². The lowest BCUT2D eigenvalue weighted by molar-refractivity contribution is 0.359. The van der Waals surface area contributed by atoms with Gasteiger partial charge in [-0.15, -0.1) is 0 Å². The standard InChI is InChI=1S/C18H19NO2S/c1-14-8-11-17(12-9-14)22(20,21)19-15(2)10-13-18(19)16-6-4-3-5-7-16/h3-13,15,18H,1-2H3/t15-,18-/m0/s1. The molecule has 114 valence electrons. The summed E-state index contributed by atoms with van der Waals surface area (Å²) in [5.41, 5.74) is 2.03. The lowest BCUT2D eigenvalue weighted by atomic mass is 10.1. The van der Waals surface area contributed by atoms with E-state index in [1.54, 1.807) is 16.4 Å². The summed E-state index contributed by atoms with van der Waals surface area (Å²) in [6.45, 7) is 3.86. The zero-order valence-electron chi connectivity index (χ0n) is 12.7. The molecule has 0 aliphatic carbocycles. The van der Waals surface area contributed by atoms with Crippen LogP contribution in [0.25, 0.3) is 0 Å². The first kappa shape index (κ1) is 15.0. The highest BCUT2D eigenvalue weighted by Crippen LogP contribution is 2.35. The topological polar surface area (TPSA) is 37.4 Å². The van der Waals surface area contributed by atoms with Crippen LogP contribution in [0.3, 0.4) is 0 Å². The van der Waals surface area contributed by atoms with Gasteiger partial charge in [-0.05, 0) is 31.5 Å². The van der Waals surface area contributed by atoms with Crippen LogP contribution >= 0.6 is 0 Å². The van der Waals surface area contributed by atoms with Gasteiger partial charge in [0.05, 0.1) is 10.9 Å². The fourth-order valence-corrected chi connectivity index (χ4v) is 4.52. The molecule has 2 atom stereocenters. The van der Waals surface area contributed by atoms with E-state index in [-0.39, 0.29) is 12.1 Å². The maximum atomic E-state index is 13.0. The van der Waals surface area contributed by atoms with E-state index in [0.29, 0.717) is 4.90 Å². The summed E-state index contributed by atoms with van der Waals surface area (Å²) in [5, 5.41) is 0. The zero-order chi connectivity index (χ0) is 15.7. The zero-order valence-corrected chi connectivity index (χ0v) is 13.5. The number of benzene rings is 2. The second-order valence-electron chi connectivity index (χ2n) is 5.63. The first-order chi connectivity index (χ1) is 10.5.